The summed E-state index contributed by atoms with van der Waals surface area (Å²) in [5, 5.41) is 0. The number of aromatic nitrogens is 2. The third-order valence-corrected chi connectivity index (χ3v) is 1.48. The van der Waals surface area contributed by atoms with Crippen molar-refractivity contribution < 1.29 is 0 Å². The molecule has 0 amide bonds. The highest BCUT2D eigenvalue weighted by atomic mass is 35.5. The number of aromatic amines is 1. The molecule has 0 spiro atoms. The van der Waals surface area contributed by atoms with Crippen molar-refractivity contribution in [2.24, 2.45) is 0 Å². The molecule has 0 aliphatic carbocycles. The van der Waals surface area contributed by atoms with Crippen molar-refractivity contribution in [1.82, 2.24) is 9.07 Å². The zero-order valence-corrected chi connectivity index (χ0v) is 5.97. The summed E-state index contributed by atoms with van der Waals surface area (Å²) in [6.07, 6.45) is 0. The first-order valence-electron chi connectivity index (χ1n) is 2.60. The van der Waals surface area contributed by atoms with E-state index in [1.54, 1.807) is 6.92 Å². The summed E-state index contributed by atoms with van der Waals surface area (Å²) >= 11 is 5.38. The van der Waals surface area contributed by atoms with Gasteiger partial charge in [-0.15, -0.1) is 0 Å². The lowest BCUT2D eigenvalue weighted by molar-refractivity contribution is 0.935. The number of H-pyrrole nitrogens is 1. The van der Waals surface area contributed by atoms with Gasteiger partial charge in [0.2, 0.25) is 0 Å². The first-order chi connectivity index (χ1) is 4.61. The maximum absolute atomic E-state index is 10.6. The molecule has 0 aliphatic rings. The van der Waals surface area contributed by atoms with Crippen LogP contribution in [-0.2, 0) is 0 Å². The van der Waals surface area contributed by atoms with Gasteiger partial charge in [-0.1, -0.05) is 0 Å². The quantitative estimate of drug-likeness (QED) is 0.574. The molecule has 0 unspecified atom stereocenters. The third-order valence-electron chi connectivity index (χ3n) is 1.06. The van der Waals surface area contributed by atoms with Crippen molar-refractivity contribution in [3.8, 4) is 0 Å². The summed E-state index contributed by atoms with van der Waals surface area (Å²) in [5.41, 5.74) is -0.610. The van der Waals surface area contributed by atoms with Crippen LogP contribution in [-0.4, -0.2) is 9.07 Å². The van der Waals surface area contributed by atoms with Gasteiger partial charge in [0.15, 0.2) is 0 Å². The predicted octanol–water partition coefficient (Wildman–Crippen LogP) is -0.153. The zero-order chi connectivity index (χ0) is 7.72. The number of nitrogens with one attached hydrogen (secondary N) is 1. The second-order valence-electron chi connectivity index (χ2n) is 1.86. The van der Waals surface area contributed by atoms with Crippen LogP contribution in [0.3, 0.4) is 0 Å². The fourth-order valence-electron chi connectivity index (χ4n) is 0.597. The summed E-state index contributed by atoms with van der Waals surface area (Å²) < 4.78 is 0.849. The average molecular weight is 161 g/mol. The lowest BCUT2D eigenvalue weighted by Gasteiger charge is -1.94. The molecule has 0 aromatic carbocycles. The van der Waals surface area contributed by atoms with Crippen LogP contribution in [0.5, 0.6) is 0 Å². The molecule has 0 atom stereocenters. The van der Waals surface area contributed by atoms with Crippen molar-refractivity contribution in [2.75, 3.05) is 0 Å². The van der Waals surface area contributed by atoms with Gasteiger partial charge in [0.25, 0.3) is 5.56 Å². The van der Waals surface area contributed by atoms with Crippen LogP contribution in [0, 0.1) is 6.92 Å². The van der Waals surface area contributed by atoms with Crippen LogP contribution in [0.4, 0.5) is 0 Å². The fraction of sp³-hybridized carbons (Fsp3) is 0.200. The Bertz CT molecular complexity index is 351. The highest BCUT2D eigenvalue weighted by Gasteiger charge is 1.96. The van der Waals surface area contributed by atoms with Crippen LogP contribution < -0.4 is 11.2 Å². The van der Waals surface area contributed by atoms with E-state index in [1.807, 2.05) is 4.98 Å². The maximum Gasteiger partial charge on any atom is 0.343 e. The van der Waals surface area contributed by atoms with Crippen LogP contribution in [0.15, 0.2) is 15.7 Å². The van der Waals surface area contributed by atoms with E-state index in [9.17, 15) is 9.59 Å². The largest absolute Gasteiger partial charge is 0.343 e. The van der Waals surface area contributed by atoms with Gasteiger partial charge in [-0.2, -0.15) is 0 Å². The van der Waals surface area contributed by atoms with Crippen LogP contribution in [0.1, 0.15) is 5.69 Å². The lowest BCUT2D eigenvalue weighted by Crippen LogP contribution is -2.26. The second kappa shape index (κ2) is 2.30. The summed E-state index contributed by atoms with van der Waals surface area (Å²) in [5.74, 6) is 0. The van der Waals surface area contributed by atoms with Gasteiger partial charge in [0, 0.05) is 23.5 Å². The van der Waals surface area contributed by atoms with Gasteiger partial charge in [-0.05, 0) is 6.92 Å². The molecule has 54 valence electrons. The molecular weight excluding hydrogens is 156 g/mol. The van der Waals surface area contributed by atoms with E-state index in [2.05, 4.69) is 0 Å². The van der Waals surface area contributed by atoms with Crippen LogP contribution >= 0.6 is 11.8 Å². The summed E-state index contributed by atoms with van der Waals surface area (Å²) in [4.78, 5) is 23.2. The standard InChI is InChI=1S/C5H5ClN2O2/c1-3-2-4(9)7-5(10)8(3)6/h2H,1H3,(H,7,9,10). The molecule has 4 nitrogen and oxygen atoms in total. The average Bonchev–Trinajstić information content (AvgIpc) is 1.82. The maximum atomic E-state index is 10.6. The molecule has 0 saturated carbocycles. The molecule has 0 bridgehead atoms. The predicted molar refractivity (Wildman–Crippen MR) is 37.3 cm³/mol. The minimum Gasteiger partial charge on any atom is -0.273 e. The van der Waals surface area contributed by atoms with Gasteiger partial charge in [0.05, 0.1) is 0 Å². The van der Waals surface area contributed by atoms with Gasteiger partial charge in [-0.3, -0.25) is 9.78 Å². The Morgan fingerprint density at radius 3 is 2.70 bits per heavy atom. The Balaban J connectivity index is 3.62. The Morgan fingerprint density at radius 2 is 2.20 bits per heavy atom. The molecule has 1 N–H and O–H groups in total. The molecule has 0 fully saturated rings. The molecule has 0 saturated heterocycles. The highest BCUT2D eigenvalue weighted by Crippen LogP contribution is 1.88. The summed E-state index contributed by atoms with van der Waals surface area (Å²) in [7, 11) is 0. The zero-order valence-electron chi connectivity index (χ0n) is 5.22. The second-order valence-corrected chi connectivity index (χ2v) is 2.20. The number of nitrogens with zero attached hydrogens (tertiary/aromatic N) is 1. The smallest absolute Gasteiger partial charge is 0.273 e. The molecule has 0 aliphatic heterocycles. The summed E-state index contributed by atoms with van der Waals surface area (Å²) in [6.45, 7) is 1.57. The van der Waals surface area contributed by atoms with E-state index in [1.165, 1.54) is 6.07 Å². The van der Waals surface area contributed by atoms with Crippen molar-refractivity contribution in [2.45, 2.75) is 6.92 Å². The highest BCUT2D eigenvalue weighted by molar-refractivity contribution is 6.15. The van der Waals surface area contributed by atoms with E-state index >= 15 is 0 Å². The Kier molecular flexibility index (Phi) is 1.63. The number of hydrogen-bond acceptors (Lipinski definition) is 2. The lowest BCUT2D eigenvalue weighted by atomic mass is 10.5. The van der Waals surface area contributed by atoms with Gasteiger partial charge < -0.3 is 0 Å². The Labute approximate surface area is 61.2 Å². The number of rotatable bonds is 0. The van der Waals surface area contributed by atoms with Gasteiger partial charge in [0.1, 0.15) is 0 Å². The molecule has 0 radical (unpaired) electrons. The Hall–Kier alpha value is -1.03. The monoisotopic (exact) mass is 160 g/mol. The molecule has 10 heavy (non-hydrogen) atoms. The fourth-order valence-corrected chi connectivity index (χ4v) is 0.688. The van der Waals surface area contributed by atoms with Crippen LogP contribution in [0.25, 0.3) is 0 Å². The summed E-state index contributed by atoms with van der Waals surface area (Å²) in [6, 6.07) is 1.24. The molecule has 1 aromatic rings. The molecule has 5 heteroatoms. The van der Waals surface area contributed by atoms with Crippen molar-refractivity contribution in [3.05, 3.63) is 32.6 Å². The first kappa shape index (κ1) is 7.08. The van der Waals surface area contributed by atoms with Gasteiger partial charge >= 0.3 is 5.69 Å². The minimum absolute atomic E-state index is 0.426. The van der Waals surface area contributed by atoms with E-state index in [-0.39, 0.29) is 0 Å². The molecule has 1 rings (SSSR count). The van der Waals surface area contributed by atoms with E-state index < -0.39 is 11.2 Å². The number of halogens is 1. The first-order valence-corrected chi connectivity index (χ1v) is 2.94. The molecule has 1 aromatic heterocycles. The van der Waals surface area contributed by atoms with Crippen molar-refractivity contribution >= 4 is 11.8 Å². The van der Waals surface area contributed by atoms with E-state index in [0.717, 1.165) is 4.09 Å². The van der Waals surface area contributed by atoms with Crippen LogP contribution in [0.2, 0.25) is 0 Å². The van der Waals surface area contributed by atoms with Crippen molar-refractivity contribution in [3.63, 3.8) is 0 Å². The SMILES string of the molecule is Cc1cc(=O)[nH]c(=O)n1Cl. The Morgan fingerprint density at radius 1 is 1.60 bits per heavy atom. The molecular formula is C5H5ClN2O2. The van der Waals surface area contributed by atoms with Gasteiger partial charge in [-0.25, -0.2) is 8.88 Å². The number of hydrogen-bond donors (Lipinski definition) is 1. The third kappa shape index (κ3) is 1.11. The topological polar surface area (TPSA) is 54.9 Å². The van der Waals surface area contributed by atoms with Crippen molar-refractivity contribution in [1.29, 1.82) is 0 Å². The van der Waals surface area contributed by atoms with E-state index in [0.29, 0.717) is 5.69 Å². The normalized spacial score (nSPS) is 9.80. The number of aryl methyl sites for hydroxylation is 1. The minimum atomic E-state index is -0.605. The molecule has 1 heterocycles. The van der Waals surface area contributed by atoms with E-state index in [4.69, 9.17) is 11.8 Å².